The van der Waals surface area contributed by atoms with Crippen LogP contribution in [0.2, 0.25) is 0 Å². The molecule has 0 atom stereocenters. The molecule has 0 aliphatic rings. The van der Waals surface area contributed by atoms with Crippen molar-refractivity contribution in [3.63, 3.8) is 0 Å². The fourth-order valence-corrected chi connectivity index (χ4v) is 2.06. The molecule has 2 N–H and O–H groups in total. The van der Waals surface area contributed by atoms with Gasteiger partial charge in [-0.1, -0.05) is 28.1 Å². The highest BCUT2D eigenvalue weighted by Crippen LogP contribution is 2.14. The van der Waals surface area contributed by atoms with E-state index in [2.05, 4.69) is 15.9 Å². The predicted octanol–water partition coefficient (Wildman–Crippen LogP) is 0.878. The van der Waals surface area contributed by atoms with Crippen molar-refractivity contribution >= 4 is 28.5 Å². The second-order valence-corrected chi connectivity index (χ2v) is 3.64. The van der Waals surface area contributed by atoms with Crippen LogP contribution >= 0.6 is 15.9 Å². The number of hydrogen-bond acceptors (Lipinski definition) is 2. The summed E-state index contributed by atoms with van der Waals surface area (Å²) in [5.74, 6) is 0. The minimum atomic E-state index is -1.38. The first kappa shape index (κ1) is 10.8. The highest BCUT2D eigenvalue weighted by atomic mass is 79.9. The SMILES string of the molecule is Cc1ccc(B(O)O)c(CBr)c1C. The van der Waals surface area contributed by atoms with Crippen LogP contribution in [-0.2, 0) is 5.33 Å². The van der Waals surface area contributed by atoms with E-state index in [4.69, 9.17) is 10.0 Å². The Hall–Kier alpha value is -0.315. The molecule has 0 saturated heterocycles. The maximum atomic E-state index is 9.09. The van der Waals surface area contributed by atoms with Crippen LogP contribution in [-0.4, -0.2) is 17.2 Å². The van der Waals surface area contributed by atoms with Crippen LogP contribution in [0.4, 0.5) is 0 Å². The van der Waals surface area contributed by atoms with Crippen molar-refractivity contribution in [2.75, 3.05) is 0 Å². The monoisotopic (exact) mass is 242 g/mol. The molecule has 0 heterocycles. The number of hydrogen-bond donors (Lipinski definition) is 2. The van der Waals surface area contributed by atoms with Crippen molar-refractivity contribution in [1.82, 2.24) is 0 Å². The average Bonchev–Trinajstić information content (AvgIpc) is 2.09. The smallest absolute Gasteiger partial charge is 0.423 e. The molecule has 0 amide bonds. The minimum Gasteiger partial charge on any atom is -0.423 e. The first-order chi connectivity index (χ1) is 6.07. The molecule has 1 aromatic carbocycles. The topological polar surface area (TPSA) is 40.5 Å². The summed E-state index contributed by atoms with van der Waals surface area (Å²) in [4.78, 5) is 0. The summed E-state index contributed by atoms with van der Waals surface area (Å²) < 4.78 is 0. The summed E-state index contributed by atoms with van der Waals surface area (Å²) in [7, 11) is -1.38. The summed E-state index contributed by atoms with van der Waals surface area (Å²) in [6.07, 6.45) is 0. The van der Waals surface area contributed by atoms with Gasteiger partial charge in [-0.05, 0) is 36.0 Å². The Morgan fingerprint density at radius 3 is 2.38 bits per heavy atom. The minimum absolute atomic E-state index is 0.583. The van der Waals surface area contributed by atoms with E-state index in [9.17, 15) is 0 Å². The van der Waals surface area contributed by atoms with Gasteiger partial charge >= 0.3 is 7.12 Å². The van der Waals surface area contributed by atoms with E-state index in [1.54, 1.807) is 6.07 Å². The van der Waals surface area contributed by atoms with Crippen molar-refractivity contribution in [1.29, 1.82) is 0 Å². The molecule has 0 saturated carbocycles. The quantitative estimate of drug-likeness (QED) is 0.597. The number of aryl methyl sites for hydroxylation is 1. The van der Waals surface area contributed by atoms with Crippen LogP contribution in [0.1, 0.15) is 16.7 Å². The molecule has 0 aliphatic carbocycles. The van der Waals surface area contributed by atoms with E-state index in [0.717, 1.165) is 11.1 Å². The van der Waals surface area contributed by atoms with Gasteiger partial charge in [-0.2, -0.15) is 0 Å². The summed E-state index contributed by atoms with van der Waals surface area (Å²) in [5, 5.41) is 18.8. The Labute approximate surface area is 86.9 Å². The molecule has 0 aromatic heterocycles. The third-order valence-corrected chi connectivity index (χ3v) is 2.88. The molecular formula is C9H12BBrO2. The zero-order valence-electron chi connectivity index (χ0n) is 7.71. The molecule has 0 spiro atoms. The van der Waals surface area contributed by atoms with Crippen LogP contribution in [0.5, 0.6) is 0 Å². The molecular weight excluding hydrogens is 231 g/mol. The second kappa shape index (κ2) is 4.27. The third-order valence-electron chi connectivity index (χ3n) is 2.32. The van der Waals surface area contributed by atoms with Gasteiger partial charge in [0.05, 0.1) is 0 Å². The standard InChI is InChI=1S/C9H12BBrO2/c1-6-3-4-9(10(12)13)8(5-11)7(6)2/h3-4,12-13H,5H2,1-2H3. The zero-order chi connectivity index (χ0) is 10.0. The Balaban J connectivity index is 3.30. The first-order valence-electron chi connectivity index (χ1n) is 4.09. The molecule has 1 rings (SSSR count). The normalized spacial score (nSPS) is 10.2. The largest absolute Gasteiger partial charge is 0.488 e. The molecule has 0 radical (unpaired) electrons. The van der Waals surface area contributed by atoms with E-state index >= 15 is 0 Å². The Kier molecular flexibility index (Phi) is 3.53. The summed E-state index contributed by atoms with van der Waals surface area (Å²) in [6, 6.07) is 3.65. The highest BCUT2D eigenvalue weighted by molar-refractivity contribution is 9.08. The van der Waals surface area contributed by atoms with Crippen molar-refractivity contribution in [2.24, 2.45) is 0 Å². The first-order valence-corrected chi connectivity index (χ1v) is 5.21. The van der Waals surface area contributed by atoms with Gasteiger partial charge in [-0.3, -0.25) is 0 Å². The lowest BCUT2D eigenvalue weighted by molar-refractivity contribution is 0.425. The second-order valence-electron chi connectivity index (χ2n) is 3.08. The maximum Gasteiger partial charge on any atom is 0.488 e. The average molecular weight is 243 g/mol. The number of rotatable bonds is 2. The van der Waals surface area contributed by atoms with Crippen molar-refractivity contribution in [3.05, 3.63) is 28.8 Å². The lowest BCUT2D eigenvalue weighted by Crippen LogP contribution is -2.33. The molecule has 70 valence electrons. The molecule has 0 aliphatic heterocycles. The maximum absolute atomic E-state index is 9.09. The van der Waals surface area contributed by atoms with Gasteiger partial charge in [0.15, 0.2) is 0 Å². The molecule has 0 bridgehead atoms. The summed E-state index contributed by atoms with van der Waals surface area (Å²) in [5.41, 5.74) is 3.83. The highest BCUT2D eigenvalue weighted by Gasteiger charge is 2.17. The fourth-order valence-electron chi connectivity index (χ4n) is 1.31. The van der Waals surface area contributed by atoms with Crippen molar-refractivity contribution < 1.29 is 10.0 Å². The van der Waals surface area contributed by atoms with Gasteiger partial charge in [-0.25, -0.2) is 0 Å². The molecule has 2 nitrogen and oxygen atoms in total. The molecule has 13 heavy (non-hydrogen) atoms. The van der Waals surface area contributed by atoms with Crippen LogP contribution in [0.15, 0.2) is 12.1 Å². The molecule has 0 unspecified atom stereocenters. The van der Waals surface area contributed by atoms with Gasteiger partial charge in [0.1, 0.15) is 0 Å². The zero-order valence-corrected chi connectivity index (χ0v) is 9.30. The van der Waals surface area contributed by atoms with E-state index in [1.165, 1.54) is 5.56 Å². The van der Waals surface area contributed by atoms with Crippen LogP contribution in [0.3, 0.4) is 0 Å². The molecule has 0 fully saturated rings. The lowest BCUT2D eigenvalue weighted by Gasteiger charge is -2.11. The van der Waals surface area contributed by atoms with Crippen molar-refractivity contribution in [3.8, 4) is 0 Å². The predicted molar refractivity (Wildman–Crippen MR) is 58.4 cm³/mol. The van der Waals surface area contributed by atoms with E-state index in [1.807, 2.05) is 19.9 Å². The van der Waals surface area contributed by atoms with Gasteiger partial charge in [0.25, 0.3) is 0 Å². The van der Waals surface area contributed by atoms with Gasteiger partial charge in [0, 0.05) is 5.33 Å². The number of halogens is 1. The summed E-state index contributed by atoms with van der Waals surface area (Å²) in [6.45, 7) is 3.99. The van der Waals surface area contributed by atoms with Crippen LogP contribution < -0.4 is 5.46 Å². The Morgan fingerprint density at radius 2 is 1.92 bits per heavy atom. The Bertz CT molecular complexity index is 313. The van der Waals surface area contributed by atoms with E-state index in [0.29, 0.717) is 10.8 Å². The van der Waals surface area contributed by atoms with Crippen molar-refractivity contribution in [2.45, 2.75) is 19.2 Å². The molecule has 1 aromatic rings. The molecule has 4 heteroatoms. The Morgan fingerprint density at radius 1 is 1.31 bits per heavy atom. The fraction of sp³-hybridized carbons (Fsp3) is 0.333. The third kappa shape index (κ3) is 2.13. The summed E-state index contributed by atoms with van der Waals surface area (Å²) >= 11 is 3.34. The van der Waals surface area contributed by atoms with Crippen LogP contribution in [0, 0.1) is 13.8 Å². The number of benzene rings is 1. The van der Waals surface area contributed by atoms with E-state index in [-0.39, 0.29) is 0 Å². The van der Waals surface area contributed by atoms with Gasteiger partial charge < -0.3 is 10.0 Å². The van der Waals surface area contributed by atoms with Crippen LogP contribution in [0.25, 0.3) is 0 Å². The van der Waals surface area contributed by atoms with E-state index < -0.39 is 7.12 Å². The lowest BCUT2D eigenvalue weighted by atomic mass is 9.75. The van der Waals surface area contributed by atoms with Gasteiger partial charge in [-0.15, -0.1) is 0 Å². The number of alkyl halides is 1. The van der Waals surface area contributed by atoms with Gasteiger partial charge in [0.2, 0.25) is 0 Å².